The summed E-state index contributed by atoms with van der Waals surface area (Å²) < 4.78 is 15.9. The maximum absolute atomic E-state index is 13.7. The number of nitrogens with zero attached hydrogens (tertiary/aromatic N) is 4. The predicted octanol–water partition coefficient (Wildman–Crippen LogP) is 5.59. The largest absolute Gasteiger partial charge is 0.334 e. The Labute approximate surface area is 238 Å². The number of amides is 1. The van der Waals surface area contributed by atoms with E-state index in [1.807, 2.05) is 60.7 Å². The van der Waals surface area contributed by atoms with Gasteiger partial charge in [-0.05, 0) is 42.0 Å². The Morgan fingerprint density at radius 2 is 1.66 bits per heavy atom. The summed E-state index contributed by atoms with van der Waals surface area (Å²) in [5.41, 5.74) is 8.12. The summed E-state index contributed by atoms with van der Waals surface area (Å²) in [6.07, 6.45) is 1.59. The summed E-state index contributed by atoms with van der Waals surface area (Å²) in [6, 6.07) is 31.5. The molecular weight excluding hydrogens is 537 g/mol. The number of benzene rings is 4. The number of carbonyl (C=O) groups excluding carboxylic acids is 1. The van der Waals surface area contributed by atoms with Gasteiger partial charge in [0.05, 0.1) is 33.5 Å². The Morgan fingerprint density at radius 1 is 0.902 bits per heavy atom. The molecule has 1 N–H and O–H groups in total. The molecule has 2 aromatic heterocycles. The fourth-order valence-corrected chi connectivity index (χ4v) is 5.50. The van der Waals surface area contributed by atoms with Crippen molar-refractivity contribution in [1.82, 2.24) is 15.0 Å². The van der Waals surface area contributed by atoms with E-state index in [2.05, 4.69) is 32.2 Å². The first kappa shape index (κ1) is 24.9. The summed E-state index contributed by atoms with van der Waals surface area (Å²) in [6.45, 7) is 0.516. The molecule has 1 amide bonds. The monoisotopic (exact) mass is 557 g/mol. The van der Waals surface area contributed by atoms with E-state index in [0.717, 1.165) is 32.9 Å². The van der Waals surface area contributed by atoms with Crippen LogP contribution in [-0.4, -0.2) is 21.7 Å². The van der Waals surface area contributed by atoms with Crippen LogP contribution in [0.4, 0.5) is 4.39 Å². The second-order valence-electron chi connectivity index (χ2n) is 9.68. The molecule has 6 nitrogen and oxygen atoms in total. The van der Waals surface area contributed by atoms with Gasteiger partial charge in [-0.1, -0.05) is 78.3 Å². The van der Waals surface area contributed by atoms with Crippen molar-refractivity contribution in [1.29, 1.82) is 0 Å². The Morgan fingerprint density at radius 3 is 2.51 bits per heavy atom. The van der Waals surface area contributed by atoms with Crippen molar-refractivity contribution >= 4 is 51.2 Å². The van der Waals surface area contributed by atoms with Gasteiger partial charge in [0.2, 0.25) is 0 Å². The number of hydrogen-bond acceptors (Lipinski definition) is 4. The molecular formula is C33H21ClFN5O. The van der Waals surface area contributed by atoms with Crippen LogP contribution in [-0.2, 0) is 11.3 Å². The molecule has 0 saturated carbocycles. The molecule has 0 spiro atoms. The lowest BCUT2D eigenvalue weighted by Crippen LogP contribution is -2.26. The van der Waals surface area contributed by atoms with Crippen LogP contribution in [0.3, 0.4) is 0 Å². The van der Waals surface area contributed by atoms with Gasteiger partial charge in [-0.2, -0.15) is 5.10 Å². The van der Waals surface area contributed by atoms with Gasteiger partial charge in [0.15, 0.2) is 0 Å². The second kappa shape index (κ2) is 10.1. The van der Waals surface area contributed by atoms with Crippen LogP contribution in [0, 0.1) is 5.82 Å². The number of rotatable bonds is 6. The molecule has 4 aromatic carbocycles. The predicted molar refractivity (Wildman–Crippen MR) is 160 cm³/mol. The third-order valence-electron chi connectivity index (χ3n) is 7.13. The number of carbonyl (C=O) groups is 1. The molecule has 1 aliphatic rings. The smallest absolute Gasteiger partial charge is 0.296 e. The van der Waals surface area contributed by atoms with Gasteiger partial charge >= 0.3 is 0 Å². The van der Waals surface area contributed by atoms with Crippen LogP contribution >= 0.6 is 11.6 Å². The van der Waals surface area contributed by atoms with Crippen molar-refractivity contribution in [2.75, 3.05) is 0 Å². The van der Waals surface area contributed by atoms with Crippen LogP contribution < -0.4 is 16.0 Å². The minimum Gasteiger partial charge on any atom is -0.334 e. The molecule has 0 atom stereocenters. The normalized spacial score (nSPS) is 12.8. The lowest BCUT2D eigenvalue weighted by atomic mass is 10.1. The van der Waals surface area contributed by atoms with Gasteiger partial charge < -0.3 is 4.57 Å². The van der Waals surface area contributed by atoms with Crippen molar-refractivity contribution in [3.05, 3.63) is 136 Å². The third-order valence-corrected chi connectivity index (χ3v) is 7.46. The van der Waals surface area contributed by atoms with Gasteiger partial charge in [-0.3, -0.25) is 10.2 Å². The standard InChI is InChI=1S/C33H21ClFN5O/c34-27-10-4-1-8-24(27)30-32-26(23-7-3-6-12-29(23)40(32)19-20-13-15-21(35)16-14-20)17-22(37-30)18-36-39-31-25-9-2-5-11-28(25)38-33(31)41/h1-18H,19H2,(H,38,39,41). The van der Waals surface area contributed by atoms with E-state index in [0.29, 0.717) is 39.2 Å². The Hall–Kier alpha value is -5.14. The third kappa shape index (κ3) is 4.46. The molecule has 6 aromatic rings. The van der Waals surface area contributed by atoms with Crippen molar-refractivity contribution in [3.63, 3.8) is 0 Å². The maximum Gasteiger partial charge on any atom is 0.296 e. The first-order chi connectivity index (χ1) is 20.1. The average Bonchev–Trinajstić information content (AvgIpc) is 3.48. The number of aromatic nitrogens is 2. The number of hydrogen-bond donors (Lipinski definition) is 1. The summed E-state index contributed by atoms with van der Waals surface area (Å²) in [4.78, 5) is 21.5. The maximum atomic E-state index is 13.7. The number of para-hydroxylation sites is 2. The molecule has 0 aliphatic carbocycles. The molecule has 0 saturated heterocycles. The molecule has 0 radical (unpaired) electrons. The van der Waals surface area contributed by atoms with Gasteiger partial charge in [0.25, 0.3) is 5.91 Å². The quantitative estimate of drug-likeness (QED) is 0.214. The SMILES string of the molecule is O=C1N=c2ccccc2=C1NN=Cc1cc2c3ccccc3n(Cc3ccc(F)cc3)c2c(-c2ccccc2Cl)n1. The summed E-state index contributed by atoms with van der Waals surface area (Å²) in [7, 11) is 0. The van der Waals surface area contributed by atoms with Crippen molar-refractivity contribution < 1.29 is 9.18 Å². The minimum absolute atomic E-state index is 0.276. The zero-order valence-corrected chi connectivity index (χ0v) is 22.3. The minimum atomic E-state index is -0.368. The van der Waals surface area contributed by atoms with Crippen LogP contribution in [0.25, 0.3) is 38.8 Å². The molecule has 1 aliphatic heterocycles. The number of halogens is 2. The van der Waals surface area contributed by atoms with E-state index in [9.17, 15) is 9.18 Å². The summed E-state index contributed by atoms with van der Waals surface area (Å²) in [5, 5.41) is 8.27. The van der Waals surface area contributed by atoms with Crippen LogP contribution in [0.2, 0.25) is 5.02 Å². The molecule has 8 heteroatoms. The van der Waals surface area contributed by atoms with E-state index < -0.39 is 0 Å². The highest BCUT2D eigenvalue weighted by atomic mass is 35.5. The number of pyridine rings is 1. The topological polar surface area (TPSA) is 71.6 Å². The molecule has 41 heavy (non-hydrogen) atoms. The second-order valence-corrected chi connectivity index (χ2v) is 10.1. The van der Waals surface area contributed by atoms with Crippen molar-refractivity contribution in [3.8, 4) is 11.3 Å². The van der Waals surface area contributed by atoms with Crippen molar-refractivity contribution in [2.45, 2.75) is 6.54 Å². The van der Waals surface area contributed by atoms with Gasteiger partial charge in [-0.25, -0.2) is 14.4 Å². The van der Waals surface area contributed by atoms with E-state index in [4.69, 9.17) is 16.6 Å². The van der Waals surface area contributed by atoms with Crippen molar-refractivity contribution in [2.24, 2.45) is 10.1 Å². The summed E-state index contributed by atoms with van der Waals surface area (Å²) >= 11 is 6.71. The zero-order valence-electron chi connectivity index (χ0n) is 21.6. The van der Waals surface area contributed by atoms with E-state index in [1.165, 1.54) is 12.1 Å². The molecule has 0 unspecified atom stereocenters. The Kier molecular flexibility index (Phi) is 6.14. The zero-order chi connectivity index (χ0) is 27.9. The fourth-order valence-electron chi connectivity index (χ4n) is 5.27. The van der Waals surface area contributed by atoms with E-state index in [1.54, 1.807) is 24.4 Å². The van der Waals surface area contributed by atoms with Crippen LogP contribution in [0.15, 0.2) is 113 Å². The lowest BCUT2D eigenvalue weighted by Gasteiger charge is -2.13. The number of nitrogens with one attached hydrogen (secondary N) is 1. The van der Waals surface area contributed by atoms with Gasteiger partial charge in [-0.15, -0.1) is 0 Å². The fraction of sp³-hybridized carbons (Fsp3) is 0.0303. The molecule has 3 heterocycles. The average molecular weight is 558 g/mol. The highest BCUT2D eigenvalue weighted by molar-refractivity contribution is 6.33. The van der Waals surface area contributed by atoms with Crippen LogP contribution in [0.1, 0.15) is 11.3 Å². The Balaban J connectivity index is 1.41. The summed E-state index contributed by atoms with van der Waals surface area (Å²) in [5.74, 6) is -0.644. The van der Waals surface area contributed by atoms with E-state index in [-0.39, 0.29) is 11.7 Å². The molecule has 198 valence electrons. The highest BCUT2D eigenvalue weighted by Crippen LogP contribution is 2.38. The molecule has 0 bridgehead atoms. The van der Waals surface area contributed by atoms with Gasteiger partial charge in [0.1, 0.15) is 11.5 Å². The highest BCUT2D eigenvalue weighted by Gasteiger charge is 2.20. The first-order valence-electron chi connectivity index (χ1n) is 13.0. The first-order valence-corrected chi connectivity index (χ1v) is 13.4. The van der Waals surface area contributed by atoms with Crippen LogP contribution in [0.5, 0.6) is 0 Å². The number of hydrazone groups is 1. The van der Waals surface area contributed by atoms with Gasteiger partial charge in [0, 0.05) is 33.6 Å². The Bertz CT molecular complexity index is 2150. The molecule has 7 rings (SSSR count). The number of fused-ring (bicyclic) bond motifs is 4. The van der Waals surface area contributed by atoms with E-state index >= 15 is 0 Å². The lowest BCUT2D eigenvalue weighted by molar-refractivity contribution is -0.113. The molecule has 0 fully saturated rings.